The van der Waals surface area contributed by atoms with Gasteiger partial charge in [0.2, 0.25) is 10.0 Å². The van der Waals surface area contributed by atoms with Crippen LogP contribution in [-0.2, 0) is 16.6 Å². The molecule has 2 N–H and O–H groups in total. The zero-order chi connectivity index (χ0) is 16.0. The van der Waals surface area contributed by atoms with Gasteiger partial charge in [0.25, 0.3) is 0 Å². The second-order valence-electron chi connectivity index (χ2n) is 5.40. The highest BCUT2D eigenvalue weighted by molar-refractivity contribution is 7.89. The summed E-state index contributed by atoms with van der Waals surface area (Å²) in [7, 11) is -3.53. The van der Waals surface area contributed by atoms with Crippen molar-refractivity contribution in [1.29, 1.82) is 0 Å². The monoisotopic (exact) mass is 316 g/mol. The van der Waals surface area contributed by atoms with Crippen LogP contribution in [0.4, 0.5) is 0 Å². The third-order valence-corrected chi connectivity index (χ3v) is 5.53. The van der Waals surface area contributed by atoms with Gasteiger partial charge in [0, 0.05) is 12.1 Å². The van der Waals surface area contributed by atoms with Crippen molar-refractivity contribution in [3.8, 4) is 0 Å². The Hall–Kier alpha value is -0.850. The fraction of sp³-hybridized carbons (Fsp3) is 0.733. The first-order chi connectivity index (χ1) is 9.85. The summed E-state index contributed by atoms with van der Waals surface area (Å²) in [4.78, 5) is 0.244. The molecule has 1 rings (SSSR count). The topological polar surface area (TPSA) is 71.3 Å². The highest BCUT2D eigenvalue weighted by Crippen LogP contribution is 2.22. The molecule has 1 aromatic rings. The summed E-state index contributed by atoms with van der Waals surface area (Å²) < 4.78 is 33.3. The van der Waals surface area contributed by atoms with Crippen LogP contribution < -0.4 is 10.0 Å². The fourth-order valence-corrected chi connectivity index (χ4v) is 4.04. The van der Waals surface area contributed by atoms with Crippen molar-refractivity contribution in [2.24, 2.45) is 5.92 Å². The molecular weight excluding hydrogens is 288 g/mol. The maximum atomic E-state index is 12.5. The van der Waals surface area contributed by atoms with Gasteiger partial charge in [0.1, 0.15) is 16.4 Å². The van der Waals surface area contributed by atoms with Gasteiger partial charge in [-0.25, -0.2) is 13.1 Å². The van der Waals surface area contributed by atoms with Crippen molar-refractivity contribution < 1.29 is 12.8 Å². The summed E-state index contributed by atoms with van der Waals surface area (Å²) in [6, 6.07) is 1.52. The van der Waals surface area contributed by atoms with Crippen molar-refractivity contribution in [3.05, 3.63) is 17.6 Å². The van der Waals surface area contributed by atoms with E-state index in [1.54, 1.807) is 13.0 Å². The van der Waals surface area contributed by atoms with E-state index >= 15 is 0 Å². The highest BCUT2D eigenvalue weighted by Gasteiger charge is 2.25. The van der Waals surface area contributed by atoms with E-state index in [2.05, 4.69) is 23.9 Å². The average molecular weight is 316 g/mol. The Morgan fingerprint density at radius 3 is 2.38 bits per heavy atom. The molecule has 1 aromatic heterocycles. The van der Waals surface area contributed by atoms with Gasteiger partial charge in [0.05, 0.1) is 6.54 Å². The van der Waals surface area contributed by atoms with Crippen molar-refractivity contribution >= 4 is 10.0 Å². The number of hydrogen-bond donors (Lipinski definition) is 2. The first-order valence-corrected chi connectivity index (χ1v) is 9.16. The molecule has 0 radical (unpaired) electrons. The summed E-state index contributed by atoms with van der Waals surface area (Å²) in [5.74, 6) is 1.42. The summed E-state index contributed by atoms with van der Waals surface area (Å²) in [6.45, 7) is 11.1. The molecule has 122 valence electrons. The Kier molecular flexibility index (Phi) is 6.90. The lowest BCUT2D eigenvalue weighted by molar-refractivity contribution is 0.390. The van der Waals surface area contributed by atoms with Gasteiger partial charge in [-0.1, -0.05) is 33.6 Å². The third kappa shape index (κ3) is 4.83. The molecule has 0 fully saturated rings. The molecule has 0 saturated carbocycles. The molecule has 0 aliphatic rings. The Labute approximate surface area is 128 Å². The lowest BCUT2D eigenvalue weighted by atomic mass is 9.96. The van der Waals surface area contributed by atoms with E-state index in [9.17, 15) is 8.42 Å². The van der Waals surface area contributed by atoms with E-state index in [-0.39, 0.29) is 10.9 Å². The fourth-order valence-electron chi connectivity index (χ4n) is 2.53. The normalized spacial score (nSPS) is 13.8. The zero-order valence-electron chi connectivity index (χ0n) is 13.7. The quantitative estimate of drug-likeness (QED) is 0.735. The van der Waals surface area contributed by atoms with Crippen LogP contribution in [0.3, 0.4) is 0 Å². The number of aryl methyl sites for hydroxylation is 1. The molecule has 1 heterocycles. The molecule has 21 heavy (non-hydrogen) atoms. The minimum absolute atomic E-state index is 0.0866. The molecule has 0 spiro atoms. The van der Waals surface area contributed by atoms with Gasteiger partial charge in [-0.15, -0.1) is 0 Å². The van der Waals surface area contributed by atoms with Gasteiger partial charge in [0.15, 0.2) is 0 Å². The lowest BCUT2D eigenvalue weighted by Gasteiger charge is -2.22. The Morgan fingerprint density at radius 1 is 1.24 bits per heavy atom. The van der Waals surface area contributed by atoms with E-state index in [4.69, 9.17) is 4.42 Å². The van der Waals surface area contributed by atoms with Gasteiger partial charge < -0.3 is 9.73 Å². The zero-order valence-corrected chi connectivity index (χ0v) is 14.5. The molecule has 0 aliphatic heterocycles. The third-order valence-electron chi connectivity index (χ3n) is 3.86. The molecule has 0 saturated heterocycles. The summed E-state index contributed by atoms with van der Waals surface area (Å²) in [5, 5.41) is 3.12. The Balaban J connectivity index is 2.89. The first-order valence-electron chi connectivity index (χ1n) is 7.68. The van der Waals surface area contributed by atoms with E-state index in [1.165, 1.54) is 0 Å². The lowest BCUT2D eigenvalue weighted by Crippen LogP contribution is -2.37. The van der Waals surface area contributed by atoms with Gasteiger partial charge in [-0.05, 0) is 26.3 Å². The first kappa shape index (κ1) is 18.2. The van der Waals surface area contributed by atoms with Crippen LogP contribution >= 0.6 is 0 Å². The molecule has 0 amide bonds. The van der Waals surface area contributed by atoms with Gasteiger partial charge >= 0.3 is 0 Å². The van der Waals surface area contributed by atoms with Gasteiger partial charge in [-0.3, -0.25) is 0 Å². The number of furan rings is 1. The van der Waals surface area contributed by atoms with Crippen LogP contribution in [0.2, 0.25) is 0 Å². The smallest absolute Gasteiger partial charge is 0.244 e. The maximum Gasteiger partial charge on any atom is 0.244 e. The highest BCUT2D eigenvalue weighted by atomic mass is 32.2. The van der Waals surface area contributed by atoms with E-state index in [1.807, 2.05) is 13.8 Å². The maximum absolute atomic E-state index is 12.5. The number of sulfonamides is 1. The predicted octanol–water partition coefficient (Wildman–Crippen LogP) is 2.80. The predicted molar refractivity (Wildman–Crippen MR) is 84.7 cm³/mol. The molecule has 0 aromatic carbocycles. The Morgan fingerprint density at radius 2 is 1.86 bits per heavy atom. The summed E-state index contributed by atoms with van der Waals surface area (Å²) in [5.41, 5.74) is 0. The second kappa shape index (κ2) is 7.96. The molecule has 0 aliphatic carbocycles. The van der Waals surface area contributed by atoms with E-state index in [0.717, 1.165) is 19.4 Å². The SMILES string of the molecule is CCNCc1cc(S(=O)(=O)NC(C)C(CC)CC)c(C)o1. The standard InChI is InChI=1S/C15H28N2O3S/c1-6-13(7-2)11(4)17-21(18,19)15-9-14(10-16-8-3)20-12(15)5/h9,11,13,16-17H,6-8,10H2,1-5H3. The Bertz CT molecular complexity index is 533. The molecule has 6 heteroatoms. The average Bonchev–Trinajstić information content (AvgIpc) is 2.79. The second-order valence-corrected chi connectivity index (χ2v) is 7.08. The van der Waals surface area contributed by atoms with Crippen LogP contribution in [0.5, 0.6) is 0 Å². The van der Waals surface area contributed by atoms with Crippen LogP contribution in [-0.4, -0.2) is 21.0 Å². The number of rotatable bonds is 9. The minimum Gasteiger partial charge on any atom is -0.464 e. The van der Waals surface area contributed by atoms with Crippen molar-refractivity contribution in [2.75, 3.05) is 6.54 Å². The molecule has 5 nitrogen and oxygen atoms in total. The van der Waals surface area contributed by atoms with Crippen molar-refractivity contribution in [1.82, 2.24) is 10.0 Å². The summed E-state index contributed by atoms with van der Waals surface area (Å²) in [6.07, 6.45) is 1.91. The van der Waals surface area contributed by atoms with Crippen LogP contribution in [0, 0.1) is 12.8 Å². The molecule has 1 unspecified atom stereocenters. The number of hydrogen-bond acceptors (Lipinski definition) is 4. The molecule has 1 atom stereocenters. The van der Waals surface area contributed by atoms with Crippen molar-refractivity contribution in [2.45, 2.75) is 64.9 Å². The molecule has 0 bridgehead atoms. The van der Waals surface area contributed by atoms with Crippen LogP contribution in [0.15, 0.2) is 15.4 Å². The van der Waals surface area contributed by atoms with Crippen molar-refractivity contribution in [3.63, 3.8) is 0 Å². The molecular formula is C15H28N2O3S. The van der Waals surface area contributed by atoms with Crippen LogP contribution in [0.1, 0.15) is 52.1 Å². The summed E-state index contributed by atoms with van der Waals surface area (Å²) >= 11 is 0. The largest absolute Gasteiger partial charge is 0.464 e. The van der Waals surface area contributed by atoms with Gasteiger partial charge in [-0.2, -0.15) is 0 Å². The minimum atomic E-state index is -3.53. The van der Waals surface area contributed by atoms with Crippen LogP contribution in [0.25, 0.3) is 0 Å². The van der Waals surface area contributed by atoms with E-state index < -0.39 is 10.0 Å². The number of nitrogens with one attached hydrogen (secondary N) is 2. The van der Waals surface area contributed by atoms with E-state index in [0.29, 0.717) is 24.0 Å².